The third-order valence-corrected chi connectivity index (χ3v) is 6.68. The van der Waals surface area contributed by atoms with Gasteiger partial charge in [0.2, 0.25) is 0 Å². The van der Waals surface area contributed by atoms with Gasteiger partial charge in [0.15, 0.2) is 0 Å². The number of rotatable bonds is 3. The Hall–Kier alpha value is -0.0800. The van der Waals surface area contributed by atoms with Crippen molar-refractivity contribution in [2.24, 2.45) is 23.7 Å². The summed E-state index contributed by atoms with van der Waals surface area (Å²) in [6.45, 7) is 4.72. The van der Waals surface area contributed by atoms with E-state index in [9.17, 15) is 0 Å². The van der Waals surface area contributed by atoms with Crippen LogP contribution in [0.4, 0.5) is 0 Å². The normalized spacial score (nSPS) is 40.3. The summed E-state index contributed by atoms with van der Waals surface area (Å²) < 4.78 is 6.33. The Balaban J connectivity index is 1.68. The van der Waals surface area contributed by atoms with E-state index in [1.54, 1.807) is 0 Å². The molecule has 21 heavy (non-hydrogen) atoms. The van der Waals surface area contributed by atoms with Crippen molar-refractivity contribution < 1.29 is 4.74 Å². The summed E-state index contributed by atoms with van der Waals surface area (Å²) in [4.78, 5) is 0. The van der Waals surface area contributed by atoms with Gasteiger partial charge in [-0.15, -0.1) is 0 Å². The second-order valence-corrected chi connectivity index (χ2v) is 8.24. The van der Waals surface area contributed by atoms with Crippen LogP contribution in [-0.2, 0) is 4.74 Å². The van der Waals surface area contributed by atoms with E-state index in [4.69, 9.17) is 4.74 Å². The molecule has 1 N–H and O–H groups in total. The molecule has 3 rings (SSSR count). The minimum atomic E-state index is 0.284. The minimum absolute atomic E-state index is 0.284. The van der Waals surface area contributed by atoms with Crippen molar-refractivity contribution in [3.63, 3.8) is 0 Å². The smallest absolute Gasteiger partial charge is 0.0685 e. The summed E-state index contributed by atoms with van der Waals surface area (Å²) in [5.74, 6) is 3.73. The largest absolute Gasteiger partial charge is 0.375 e. The highest BCUT2D eigenvalue weighted by Gasteiger charge is 2.43. The highest BCUT2D eigenvalue weighted by Crippen LogP contribution is 2.47. The Morgan fingerprint density at radius 1 is 1.10 bits per heavy atom. The molecule has 1 heterocycles. The standard InChI is InChI=1S/C19H35NO/c1-15-6-7-17(14-20-2)18(12-15)16-8-11-21-19(13-16)9-4-3-5-10-19/h15-18,20H,3-14H2,1-2H3. The molecule has 2 nitrogen and oxygen atoms in total. The molecule has 3 fully saturated rings. The maximum atomic E-state index is 6.33. The SMILES string of the molecule is CNCC1CCC(C)CC1C1CCOC2(CCCCC2)C1. The Bertz CT molecular complexity index is 318. The van der Waals surface area contributed by atoms with Crippen LogP contribution in [0.3, 0.4) is 0 Å². The molecule has 2 saturated carbocycles. The van der Waals surface area contributed by atoms with Gasteiger partial charge in [-0.1, -0.05) is 32.6 Å². The van der Waals surface area contributed by atoms with Crippen LogP contribution >= 0.6 is 0 Å². The summed E-state index contributed by atoms with van der Waals surface area (Å²) in [7, 11) is 2.13. The van der Waals surface area contributed by atoms with Gasteiger partial charge in [0.1, 0.15) is 0 Å². The highest BCUT2D eigenvalue weighted by atomic mass is 16.5. The van der Waals surface area contributed by atoms with E-state index in [0.29, 0.717) is 0 Å². The summed E-state index contributed by atoms with van der Waals surface area (Å²) in [5, 5.41) is 3.46. The van der Waals surface area contributed by atoms with E-state index in [-0.39, 0.29) is 5.60 Å². The zero-order valence-electron chi connectivity index (χ0n) is 14.2. The second-order valence-electron chi connectivity index (χ2n) is 8.24. The zero-order chi connectivity index (χ0) is 14.7. The minimum Gasteiger partial charge on any atom is -0.375 e. The van der Waals surface area contributed by atoms with E-state index >= 15 is 0 Å². The van der Waals surface area contributed by atoms with Gasteiger partial charge in [0.25, 0.3) is 0 Å². The van der Waals surface area contributed by atoms with Gasteiger partial charge in [-0.2, -0.15) is 0 Å². The number of hydrogen-bond donors (Lipinski definition) is 1. The number of nitrogens with one attached hydrogen (secondary N) is 1. The van der Waals surface area contributed by atoms with E-state index < -0.39 is 0 Å². The van der Waals surface area contributed by atoms with E-state index in [0.717, 1.165) is 30.3 Å². The molecule has 3 aliphatic rings. The Labute approximate surface area is 131 Å². The average molecular weight is 293 g/mol. The molecule has 4 unspecified atom stereocenters. The van der Waals surface area contributed by atoms with Crippen LogP contribution in [0.2, 0.25) is 0 Å². The maximum Gasteiger partial charge on any atom is 0.0685 e. The summed E-state index contributed by atoms with van der Waals surface area (Å²) in [6, 6.07) is 0. The molecule has 0 aromatic heterocycles. The van der Waals surface area contributed by atoms with E-state index in [2.05, 4.69) is 19.3 Å². The van der Waals surface area contributed by atoms with Crippen molar-refractivity contribution in [3.8, 4) is 0 Å². The quantitative estimate of drug-likeness (QED) is 0.833. The molecule has 1 aliphatic heterocycles. The van der Waals surface area contributed by atoms with Crippen LogP contribution in [0, 0.1) is 23.7 Å². The van der Waals surface area contributed by atoms with Crippen LogP contribution in [-0.4, -0.2) is 25.8 Å². The summed E-state index contributed by atoms with van der Waals surface area (Å²) in [6.07, 6.45) is 13.9. The number of hydrogen-bond acceptors (Lipinski definition) is 2. The highest BCUT2D eigenvalue weighted by molar-refractivity contribution is 4.94. The Morgan fingerprint density at radius 2 is 1.90 bits per heavy atom. The molecule has 1 saturated heterocycles. The second kappa shape index (κ2) is 7.00. The molecular formula is C19H35NO. The van der Waals surface area contributed by atoms with Gasteiger partial charge >= 0.3 is 0 Å². The van der Waals surface area contributed by atoms with Gasteiger partial charge in [0.05, 0.1) is 5.60 Å². The van der Waals surface area contributed by atoms with Gasteiger partial charge in [-0.25, -0.2) is 0 Å². The maximum absolute atomic E-state index is 6.33. The first kappa shape index (κ1) is 15.8. The Kier molecular flexibility index (Phi) is 5.27. The molecule has 0 aromatic carbocycles. The lowest BCUT2D eigenvalue weighted by atomic mass is 9.64. The monoisotopic (exact) mass is 293 g/mol. The van der Waals surface area contributed by atoms with Crippen molar-refractivity contribution in [2.45, 2.75) is 76.7 Å². The van der Waals surface area contributed by atoms with Crippen LogP contribution in [0.1, 0.15) is 71.1 Å². The molecule has 0 amide bonds. The van der Waals surface area contributed by atoms with Crippen LogP contribution in [0.5, 0.6) is 0 Å². The lowest BCUT2D eigenvalue weighted by Crippen LogP contribution is -2.46. The molecule has 0 aromatic rings. The van der Waals surface area contributed by atoms with Crippen molar-refractivity contribution in [1.82, 2.24) is 5.32 Å². The lowest BCUT2D eigenvalue weighted by Gasteiger charge is -2.48. The first-order valence-corrected chi connectivity index (χ1v) is 9.51. The topological polar surface area (TPSA) is 21.3 Å². The summed E-state index contributed by atoms with van der Waals surface area (Å²) in [5.41, 5.74) is 0.284. The fourth-order valence-corrected chi connectivity index (χ4v) is 5.56. The third kappa shape index (κ3) is 3.64. The van der Waals surface area contributed by atoms with Gasteiger partial charge in [-0.05, 0) is 75.8 Å². The molecule has 0 radical (unpaired) electrons. The van der Waals surface area contributed by atoms with Crippen molar-refractivity contribution in [3.05, 3.63) is 0 Å². The molecule has 2 aliphatic carbocycles. The molecule has 122 valence electrons. The number of ether oxygens (including phenoxy) is 1. The molecular weight excluding hydrogens is 258 g/mol. The van der Waals surface area contributed by atoms with Crippen LogP contribution < -0.4 is 5.32 Å². The molecule has 1 spiro atoms. The molecule has 0 bridgehead atoms. The molecule has 4 atom stereocenters. The third-order valence-electron chi connectivity index (χ3n) is 6.68. The van der Waals surface area contributed by atoms with Gasteiger partial charge in [-0.3, -0.25) is 0 Å². The van der Waals surface area contributed by atoms with Gasteiger partial charge in [0, 0.05) is 6.61 Å². The van der Waals surface area contributed by atoms with Crippen LogP contribution in [0.15, 0.2) is 0 Å². The van der Waals surface area contributed by atoms with Crippen molar-refractivity contribution >= 4 is 0 Å². The fourth-order valence-electron chi connectivity index (χ4n) is 5.56. The lowest BCUT2D eigenvalue weighted by molar-refractivity contribution is -0.131. The first-order valence-electron chi connectivity index (χ1n) is 9.51. The van der Waals surface area contributed by atoms with Crippen LogP contribution in [0.25, 0.3) is 0 Å². The predicted molar refractivity (Wildman–Crippen MR) is 88.4 cm³/mol. The fraction of sp³-hybridized carbons (Fsp3) is 1.00. The molecule has 2 heteroatoms. The zero-order valence-corrected chi connectivity index (χ0v) is 14.2. The van der Waals surface area contributed by atoms with Crippen molar-refractivity contribution in [1.29, 1.82) is 0 Å². The summed E-state index contributed by atoms with van der Waals surface area (Å²) >= 11 is 0. The van der Waals surface area contributed by atoms with E-state index in [1.165, 1.54) is 70.8 Å². The van der Waals surface area contributed by atoms with Gasteiger partial charge < -0.3 is 10.1 Å². The van der Waals surface area contributed by atoms with Crippen molar-refractivity contribution in [2.75, 3.05) is 20.2 Å². The van der Waals surface area contributed by atoms with E-state index in [1.807, 2.05) is 0 Å². The Morgan fingerprint density at radius 3 is 2.67 bits per heavy atom. The first-order chi connectivity index (χ1) is 10.2. The average Bonchev–Trinajstić information content (AvgIpc) is 2.50. The predicted octanol–water partition coefficient (Wildman–Crippen LogP) is 4.39.